The number of hydrogen-bond acceptors (Lipinski definition) is 7. The van der Waals surface area contributed by atoms with E-state index in [9.17, 15) is 13.2 Å². The van der Waals surface area contributed by atoms with Gasteiger partial charge in [0.1, 0.15) is 0 Å². The molecule has 0 aliphatic carbocycles. The monoisotopic (exact) mass is 456 g/mol. The van der Waals surface area contributed by atoms with Crippen molar-refractivity contribution in [3.63, 3.8) is 0 Å². The van der Waals surface area contributed by atoms with Gasteiger partial charge in [0.05, 0.1) is 32.1 Å². The number of thiophene rings is 1. The number of carbonyl (C=O) groups excluding carboxylic acids is 1. The Labute approximate surface area is 183 Å². The third-order valence-corrected chi connectivity index (χ3v) is 7.22. The average molecular weight is 457 g/mol. The van der Waals surface area contributed by atoms with Crippen molar-refractivity contribution in [2.24, 2.45) is 0 Å². The van der Waals surface area contributed by atoms with E-state index in [1.807, 2.05) is 19.1 Å². The summed E-state index contributed by atoms with van der Waals surface area (Å²) in [4.78, 5) is 19.8. The van der Waals surface area contributed by atoms with E-state index >= 15 is 0 Å². The van der Waals surface area contributed by atoms with Gasteiger partial charge >= 0.3 is 0 Å². The molecule has 31 heavy (non-hydrogen) atoms. The second-order valence-electron chi connectivity index (χ2n) is 6.95. The van der Waals surface area contributed by atoms with Crippen LogP contribution in [0.2, 0.25) is 0 Å². The molecule has 160 valence electrons. The molecule has 8 nitrogen and oxygen atoms in total. The van der Waals surface area contributed by atoms with Gasteiger partial charge in [-0.05, 0) is 56.8 Å². The van der Waals surface area contributed by atoms with Crippen molar-refractivity contribution in [1.29, 1.82) is 0 Å². The Hall–Kier alpha value is -3.08. The number of aryl methyl sites for hydroxylation is 2. The highest BCUT2D eigenvalue weighted by atomic mass is 32.2. The molecule has 0 aliphatic rings. The van der Waals surface area contributed by atoms with E-state index in [1.165, 1.54) is 19.2 Å². The third kappa shape index (κ3) is 4.22. The molecule has 0 radical (unpaired) electrons. The number of carbonyl (C=O) groups is 1. The molecule has 4 aromatic rings. The van der Waals surface area contributed by atoms with Crippen LogP contribution in [0.1, 0.15) is 26.5 Å². The van der Waals surface area contributed by atoms with Crippen molar-refractivity contribution in [3.8, 4) is 10.6 Å². The first-order valence-electron chi connectivity index (χ1n) is 9.43. The van der Waals surface area contributed by atoms with Gasteiger partial charge < -0.3 is 9.84 Å². The van der Waals surface area contributed by atoms with Crippen molar-refractivity contribution in [1.82, 2.24) is 20.2 Å². The number of rotatable bonds is 6. The lowest BCUT2D eigenvalue weighted by Gasteiger charge is -2.09. The maximum Gasteiger partial charge on any atom is 0.259 e. The van der Waals surface area contributed by atoms with E-state index < -0.39 is 10.0 Å². The van der Waals surface area contributed by atoms with Crippen molar-refractivity contribution < 1.29 is 17.7 Å². The molecule has 0 fully saturated rings. The van der Waals surface area contributed by atoms with Crippen LogP contribution >= 0.6 is 11.3 Å². The number of nitrogens with one attached hydrogen (secondary N) is 2. The molecule has 3 aromatic heterocycles. The molecule has 0 spiro atoms. The highest BCUT2D eigenvalue weighted by molar-refractivity contribution is 7.89. The predicted octanol–water partition coefficient (Wildman–Crippen LogP) is 3.41. The van der Waals surface area contributed by atoms with Gasteiger partial charge in [0, 0.05) is 11.4 Å². The maximum atomic E-state index is 13.1. The number of hydrogen-bond donors (Lipinski definition) is 2. The summed E-state index contributed by atoms with van der Waals surface area (Å²) in [5.74, 6) is -0.324. The van der Waals surface area contributed by atoms with Gasteiger partial charge in [0.15, 0.2) is 0 Å². The number of nitrogens with zero attached hydrogens (tertiary/aromatic N) is 2. The van der Waals surface area contributed by atoms with Gasteiger partial charge in [0.25, 0.3) is 11.6 Å². The lowest BCUT2D eigenvalue weighted by Crippen LogP contribution is -2.24. The van der Waals surface area contributed by atoms with Crippen molar-refractivity contribution in [3.05, 3.63) is 64.2 Å². The first kappa shape index (κ1) is 21.2. The van der Waals surface area contributed by atoms with E-state index in [4.69, 9.17) is 4.52 Å². The zero-order chi connectivity index (χ0) is 22.2. The van der Waals surface area contributed by atoms with E-state index in [0.29, 0.717) is 33.6 Å². The Bertz CT molecular complexity index is 1390. The Kier molecular flexibility index (Phi) is 5.61. The van der Waals surface area contributed by atoms with E-state index in [1.54, 1.807) is 36.5 Å². The van der Waals surface area contributed by atoms with Gasteiger partial charge in [-0.2, -0.15) is 0 Å². The summed E-state index contributed by atoms with van der Waals surface area (Å²) in [7, 11) is -2.21. The third-order valence-electron chi connectivity index (χ3n) is 4.79. The summed E-state index contributed by atoms with van der Waals surface area (Å²) in [6, 6.07) is 12.1. The molecule has 2 N–H and O–H groups in total. The molecule has 1 amide bonds. The van der Waals surface area contributed by atoms with Crippen LogP contribution in [0.4, 0.5) is 0 Å². The summed E-state index contributed by atoms with van der Waals surface area (Å²) in [6.45, 7) is 3.92. The number of amides is 1. The average Bonchev–Trinajstić information content (AvgIpc) is 3.37. The summed E-state index contributed by atoms with van der Waals surface area (Å²) in [5.41, 5.74) is 2.57. The van der Waals surface area contributed by atoms with Gasteiger partial charge in [0.2, 0.25) is 10.0 Å². The molecule has 0 saturated heterocycles. The summed E-state index contributed by atoms with van der Waals surface area (Å²) < 4.78 is 31.6. The summed E-state index contributed by atoms with van der Waals surface area (Å²) in [5, 5.41) is 7.37. The lowest BCUT2D eigenvalue weighted by molar-refractivity contribution is 0.0952. The Morgan fingerprint density at radius 1 is 1.16 bits per heavy atom. The highest BCUT2D eigenvalue weighted by Gasteiger charge is 2.20. The Morgan fingerprint density at radius 2 is 1.97 bits per heavy atom. The SMILES string of the molecule is CNS(=O)(=O)c1cccc(CNC(=O)c2cc(-c3ccc(C)s3)nc3onc(C)c23)c1. The molecule has 0 saturated carbocycles. The Balaban J connectivity index is 1.65. The quantitative estimate of drug-likeness (QED) is 0.460. The topological polar surface area (TPSA) is 114 Å². The maximum absolute atomic E-state index is 13.1. The van der Waals surface area contributed by atoms with Gasteiger partial charge in [-0.3, -0.25) is 4.79 Å². The fourth-order valence-electron chi connectivity index (χ4n) is 3.19. The summed E-state index contributed by atoms with van der Waals surface area (Å²) in [6.07, 6.45) is 0. The molecule has 1 aromatic carbocycles. The number of sulfonamides is 1. The first-order valence-corrected chi connectivity index (χ1v) is 11.7. The number of pyridine rings is 1. The largest absolute Gasteiger partial charge is 0.348 e. The molecule has 3 heterocycles. The number of aromatic nitrogens is 2. The standard InChI is InChI=1S/C21H20N4O4S2/c1-12-7-8-18(30-12)17-10-16(19-13(2)25-29-21(19)24-17)20(26)23-11-14-5-4-6-15(9-14)31(27,28)22-3/h4-10,22H,11H2,1-3H3,(H,23,26). The number of fused-ring (bicyclic) bond motifs is 1. The van der Waals surface area contributed by atoms with Gasteiger partial charge in [-0.25, -0.2) is 18.1 Å². The van der Waals surface area contributed by atoms with Crippen LogP contribution in [0.15, 0.2) is 51.9 Å². The minimum Gasteiger partial charge on any atom is -0.348 e. The van der Waals surface area contributed by atoms with E-state index in [0.717, 1.165) is 9.75 Å². The molecular formula is C21H20N4O4S2. The normalized spacial score (nSPS) is 11.7. The molecular weight excluding hydrogens is 436 g/mol. The summed E-state index contributed by atoms with van der Waals surface area (Å²) >= 11 is 1.57. The zero-order valence-electron chi connectivity index (χ0n) is 17.1. The van der Waals surface area contributed by atoms with E-state index in [2.05, 4.69) is 20.2 Å². The molecule has 4 rings (SSSR count). The van der Waals surface area contributed by atoms with Crippen molar-refractivity contribution in [2.75, 3.05) is 7.05 Å². The number of benzene rings is 1. The van der Waals surface area contributed by atoms with Crippen molar-refractivity contribution >= 4 is 38.4 Å². The van der Waals surface area contributed by atoms with Crippen LogP contribution in [0.3, 0.4) is 0 Å². The highest BCUT2D eigenvalue weighted by Crippen LogP contribution is 2.31. The Morgan fingerprint density at radius 3 is 2.68 bits per heavy atom. The zero-order valence-corrected chi connectivity index (χ0v) is 18.7. The first-order chi connectivity index (χ1) is 14.8. The second-order valence-corrected chi connectivity index (χ2v) is 10.1. The lowest BCUT2D eigenvalue weighted by atomic mass is 10.1. The van der Waals surface area contributed by atoms with E-state index in [-0.39, 0.29) is 17.3 Å². The fraction of sp³-hybridized carbons (Fsp3) is 0.190. The van der Waals surface area contributed by atoms with Crippen LogP contribution in [0.25, 0.3) is 21.7 Å². The molecule has 10 heteroatoms. The van der Waals surface area contributed by atoms with Gasteiger partial charge in [-0.1, -0.05) is 17.3 Å². The minimum absolute atomic E-state index is 0.137. The van der Waals surface area contributed by atoms with Crippen LogP contribution in [-0.4, -0.2) is 31.5 Å². The van der Waals surface area contributed by atoms with Crippen molar-refractivity contribution in [2.45, 2.75) is 25.3 Å². The molecule has 0 unspecified atom stereocenters. The predicted molar refractivity (Wildman–Crippen MR) is 118 cm³/mol. The van der Waals surface area contributed by atoms with Crippen LogP contribution in [-0.2, 0) is 16.6 Å². The smallest absolute Gasteiger partial charge is 0.259 e. The van der Waals surface area contributed by atoms with Crippen LogP contribution in [0, 0.1) is 13.8 Å². The van der Waals surface area contributed by atoms with Crippen LogP contribution in [0.5, 0.6) is 0 Å². The van der Waals surface area contributed by atoms with Crippen LogP contribution < -0.4 is 10.0 Å². The minimum atomic E-state index is -3.56. The molecule has 0 atom stereocenters. The fourth-order valence-corrected chi connectivity index (χ4v) is 4.82. The van der Waals surface area contributed by atoms with Gasteiger partial charge in [-0.15, -0.1) is 11.3 Å². The second kappa shape index (κ2) is 8.22. The molecule has 0 bridgehead atoms. The molecule has 0 aliphatic heterocycles.